The van der Waals surface area contributed by atoms with Crippen LogP contribution in [0.2, 0.25) is 0 Å². The van der Waals surface area contributed by atoms with Gasteiger partial charge in [-0.05, 0) is 37.4 Å². The Hall–Kier alpha value is -1.54. The van der Waals surface area contributed by atoms with Crippen molar-refractivity contribution >= 4 is 29.5 Å². The van der Waals surface area contributed by atoms with Crippen LogP contribution in [0, 0.1) is 23.7 Å². The minimum absolute atomic E-state index is 0.0140. The lowest BCUT2D eigenvalue weighted by molar-refractivity contribution is -0.140. The average Bonchev–Trinajstić information content (AvgIpc) is 3.40. The Kier molecular flexibility index (Phi) is 5.69. The molecule has 3 fully saturated rings. The SMILES string of the molecule is CN=C(NCCN1C(=O)C2C3C=CC(C3)C2C1=O)NCC1(SC)CCOCC1. The molecule has 2 bridgehead atoms. The Morgan fingerprint density at radius 2 is 1.86 bits per heavy atom. The Balaban J connectivity index is 1.26. The van der Waals surface area contributed by atoms with Crippen molar-refractivity contribution in [2.75, 3.05) is 46.2 Å². The van der Waals surface area contributed by atoms with E-state index in [1.54, 1.807) is 7.05 Å². The van der Waals surface area contributed by atoms with Crippen LogP contribution in [0.3, 0.4) is 0 Å². The summed E-state index contributed by atoms with van der Waals surface area (Å²) >= 11 is 1.88. The summed E-state index contributed by atoms with van der Waals surface area (Å²) in [5, 5.41) is 6.67. The summed E-state index contributed by atoms with van der Waals surface area (Å²) in [6.45, 7) is 3.32. The number of fused-ring (bicyclic) bond motifs is 5. The fourth-order valence-electron chi connectivity index (χ4n) is 5.13. The van der Waals surface area contributed by atoms with E-state index in [2.05, 4.69) is 34.0 Å². The number of thioether (sulfide) groups is 1. The van der Waals surface area contributed by atoms with E-state index in [4.69, 9.17) is 4.74 Å². The molecular formula is C20H30N4O3S. The molecule has 2 amide bonds. The van der Waals surface area contributed by atoms with Crippen LogP contribution in [0.5, 0.6) is 0 Å². The van der Waals surface area contributed by atoms with E-state index in [0.29, 0.717) is 19.0 Å². The molecule has 0 aromatic rings. The lowest BCUT2D eigenvalue weighted by atomic mass is 9.85. The van der Waals surface area contributed by atoms with Crippen LogP contribution >= 0.6 is 11.8 Å². The number of carbonyl (C=O) groups excluding carboxylic acids is 2. The van der Waals surface area contributed by atoms with E-state index >= 15 is 0 Å². The molecular weight excluding hydrogens is 376 g/mol. The summed E-state index contributed by atoms with van der Waals surface area (Å²) in [6, 6.07) is 0. The molecule has 1 saturated carbocycles. The van der Waals surface area contributed by atoms with Crippen LogP contribution in [0.1, 0.15) is 19.3 Å². The highest BCUT2D eigenvalue weighted by Crippen LogP contribution is 2.52. The second kappa shape index (κ2) is 8.06. The third-order valence-electron chi connectivity index (χ3n) is 6.83. The zero-order valence-electron chi connectivity index (χ0n) is 16.6. The normalized spacial score (nSPS) is 33.5. The molecule has 4 rings (SSSR count). The van der Waals surface area contributed by atoms with E-state index in [0.717, 1.165) is 39.0 Å². The molecule has 2 aliphatic heterocycles. The van der Waals surface area contributed by atoms with Crippen molar-refractivity contribution in [2.45, 2.75) is 24.0 Å². The predicted molar refractivity (Wildman–Crippen MR) is 110 cm³/mol. The molecule has 0 aromatic carbocycles. The van der Waals surface area contributed by atoms with E-state index in [-0.39, 0.29) is 40.2 Å². The van der Waals surface area contributed by atoms with Gasteiger partial charge in [0.1, 0.15) is 0 Å². The van der Waals surface area contributed by atoms with E-state index in [1.165, 1.54) is 4.90 Å². The molecule has 154 valence electrons. The second-order valence-corrected chi connectivity index (χ2v) is 9.45. The first-order valence-corrected chi connectivity index (χ1v) is 11.4. The molecule has 8 heteroatoms. The van der Waals surface area contributed by atoms with Crippen LogP contribution in [0.4, 0.5) is 0 Å². The summed E-state index contributed by atoms with van der Waals surface area (Å²) < 4.78 is 5.66. The lowest BCUT2D eigenvalue weighted by Gasteiger charge is -2.36. The molecule has 0 aromatic heterocycles. The number of nitrogens with one attached hydrogen (secondary N) is 2. The first-order valence-electron chi connectivity index (χ1n) is 10.2. The largest absolute Gasteiger partial charge is 0.381 e. The van der Waals surface area contributed by atoms with Gasteiger partial charge in [-0.3, -0.25) is 19.5 Å². The molecule has 7 nitrogen and oxygen atoms in total. The van der Waals surface area contributed by atoms with Crippen LogP contribution in [0.15, 0.2) is 17.1 Å². The predicted octanol–water partition coefficient (Wildman–Crippen LogP) is 0.871. The number of rotatable bonds is 6. The first kappa shape index (κ1) is 19.8. The number of guanidine groups is 1. The maximum Gasteiger partial charge on any atom is 0.233 e. The van der Waals surface area contributed by atoms with Gasteiger partial charge in [-0.15, -0.1) is 0 Å². The number of imide groups is 1. The second-order valence-electron chi connectivity index (χ2n) is 8.18. The van der Waals surface area contributed by atoms with Crippen LogP contribution in [-0.4, -0.2) is 73.6 Å². The zero-order chi connectivity index (χ0) is 19.7. The number of hydrogen-bond acceptors (Lipinski definition) is 5. The zero-order valence-corrected chi connectivity index (χ0v) is 17.5. The molecule has 2 aliphatic carbocycles. The van der Waals surface area contributed by atoms with Gasteiger partial charge in [0.2, 0.25) is 11.8 Å². The lowest BCUT2D eigenvalue weighted by Crippen LogP contribution is -2.49. The molecule has 4 unspecified atom stereocenters. The molecule has 2 saturated heterocycles. The van der Waals surface area contributed by atoms with Gasteiger partial charge in [-0.2, -0.15) is 11.8 Å². The Bertz CT molecular complexity index is 659. The molecule has 0 spiro atoms. The van der Waals surface area contributed by atoms with Gasteiger partial charge < -0.3 is 15.4 Å². The monoisotopic (exact) mass is 406 g/mol. The Morgan fingerprint density at radius 3 is 2.43 bits per heavy atom. The topological polar surface area (TPSA) is 83.0 Å². The minimum Gasteiger partial charge on any atom is -0.381 e. The highest BCUT2D eigenvalue weighted by atomic mass is 32.2. The van der Waals surface area contributed by atoms with Crippen molar-refractivity contribution in [1.29, 1.82) is 0 Å². The van der Waals surface area contributed by atoms with Gasteiger partial charge in [0, 0.05) is 44.6 Å². The van der Waals surface area contributed by atoms with Gasteiger partial charge in [-0.1, -0.05) is 12.2 Å². The Morgan fingerprint density at radius 1 is 1.21 bits per heavy atom. The van der Waals surface area contributed by atoms with Crippen LogP contribution in [-0.2, 0) is 14.3 Å². The van der Waals surface area contributed by atoms with Crippen molar-refractivity contribution < 1.29 is 14.3 Å². The summed E-state index contributed by atoms with van der Waals surface area (Å²) in [5.41, 5.74) is 0. The maximum atomic E-state index is 12.7. The van der Waals surface area contributed by atoms with Crippen molar-refractivity contribution in [2.24, 2.45) is 28.7 Å². The number of aliphatic imine (C=N–C) groups is 1. The smallest absolute Gasteiger partial charge is 0.233 e. The molecule has 2 N–H and O–H groups in total. The third kappa shape index (κ3) is 3.45. The number of ether oxygens (including phenoxy) is 1. The number of likely N-dealkylation sites (tertiary alicyclic amines) is 1. The van der Waals surface area contributed by atoms with Gasteiger partial charge >= 0.3 is 0 Å². The number of amides is 2. The molecule has 28 heavy (non-hydrogen) atoms. The summed E-state index contributed by atoms with van der Waals surface area (Å²) in [6.07, 6.45) is 9.41. The fraction of sp³-hybridized carbons (Fsp3) is 0.750. The number of hydrogen-bond donors (Lipinski definition) is 2. The Labute approximate surface area is 170 Å². The van der Waals surface area contributed by atoms with Crippen molar-refractivity contribution in [3.8, 4) is 0 Å². The molecule has 4 atom stereocenters. The molecule has 0 radical (unpaired) electrons. The van der Waals surface area contributed by atoms with Gasteiger partial charge in [0.25, 0.3) is 0 Å². The summed E-state index contributed by atoms with van der Waals surface area (Å²) in [7, 11) is 1.74. The minimum atomic E-state index is -0.116. The standard InChI is InChI=1S/C20H30N4O3S/c1-21-19(23-12-20(28-2)5-9-27-10-6-20)22-7-8-24-17(25)15-13-3-4-14(11-13)16(15)18(24)26/h3-4,13-16H,5-12H2,1-2H3,(H2,21,22,23). The van der Waals surface area contributed by atoms with Gasteiger partial charge in [0.05, 0.1) is 11.8 Å². The molecule has 2 heterocycles. The van der Waals surface area contributed by atoms with E-state index in [1.807, 2.05) is 11.8 Å². The average molecular weight is 407 g/mol. The number of nitrogens with zero attached hydrogens (tertiary/aromatic N) is 2. The molecule has 4 aliphatic rings. The van der Waals surface area contributed by atoms with Crippen molar-refractivity contribution in [1.82, 2.24) is 15.5 Å². The van der Waals surface area contributed by atoms with E-state index < -0.39 is 0 Å². The highest BCUT2D eigenvalue weighted by Gasteiger charge is 2.58. The van der Waals surface area contributed by atoms with Crippen molar-refractivity contribution in [3.63, 3.8) is 0 Å². The highest BCUT2D eigenvalue weighted by molar-refractivity contribution is 8.00. The van der Waals surface area contributed by atoms with Gasteiger partial charge in [0.15, 0.2) is 5.96 Å². The van der Waals surface area contributed by atoms with Crippen LogP contribution in [0.25, 0.3) is 0 Å². The quantitative estimate of drug-likeness (QED) is 0.295. The maximum absolute atomic E-state index is 12.7. The first-order chi connectivity index (χ1) is 13.6. The van der Waals surface area contributed by atoms with Gasteiger partial charge in [-0.25, -0.2) is 0 Å². The number of carbonyl (C=O) groups is 2. The number of allylic oxidation sites excluding steroid dienone is 2. The fourth-order valence-corrected chi connectivity index (χ4v) is 5.92. The summed E-state index contributed by atoms with van der Waals surface area (Å²) in [4.78, 5) is 31.2. The van der Waals surface area contributed by atoms with Crippen LogP contribution < -0.4 is 10.6 Å². The van der Waals surface area contributed by atoms with E-state index in [9.17, 15) is 9.59 Å². The van der Waals surface area contributed by atoms with Crippen molar-refractivity contribution in [3.05, 3.63) is 12.2 Å². The summed E-state index contributed by atoms with van der Waals surface area (Å²) in [5.74, 6) is 1.04. The third-order valence-corrected chi connectivity index (χ3v) is 8.25.